The highest BCUT2D eigenvalue weighted by atomic mass is 35.5. The highest BCUT2D eigenvalue weighted by Gasteiger charge is 2.14. The van der Waals surface area contributed by atoms with Gasteiger partial charge < -0.3 is 4.74 Å². The molecule has 0 spiro atoms. The van der Waals surface area contributed by atoms with Gasteiger partial charge in [-0.2, -0.15) is 0 Å². The van der Waals surface area contributed by atoms with Gasteiger partial charge in [0.1, 0.15) is 5.60 Å². The van der Waals surface area contributed by atoms with Crippen LogP contribution in [0.2, 0.25) is 0 Å². The molecule has 0 amide bonds. The molecule has 1 aromatic rings. The van der Waals surface area contributed by atoms with Crippen molar-refractivity contribution >= 4 is 28.9 Å². The summed E-state index contributed by atoms with van der Waals surface area (Å²) in [6.45, 7) is 5.45. The number of halogens is 1. The van der Waals surface area contributed by atoms with Crippen LogP contribution < -0.4 is 0 Å². The second kappa shape index (κ2) is 7.25. The van der Waals surface area contributed by atoms with Gasteiger partial charge in [-0.25, -0.2) is 4.79 Å². The molecule has 0 aliphatic rings. The Morgan fingerprint density at radius 1 is 1.25 bits per heavy atom. The fourth-order valence-corrected chi connectivity index (χ4v) is 1.75. The zero-order chi connectivity index (χ0) is 15.2. The predicted octanol–water partition coefficient (Wildman–Crippen LogP) is 3.74. The minimum absolute atomic E-state index is 0.277. The van der Waals surface area contributed by atoms with E-state index in [0.29, 0.717) is 6.42 Å². The summed E-state index contributed by atoms with van der Waals surface area (Å²) in [7, 11) is 0. The molecule has 0 N–H and O–H groups in total. The molecule has 0 atom stereocenters. The average molecular weight is 295 g/mol. The van der Waals surface area contributed by atoms with Crippen LogP contribution in [-0.2, 0) is 20.7 Å². The second-order valence-corrected chi connectivity index (χ2v) is 5.84. The highest BCUT2D eigenvalue weighted by molar-refractivity contribution is 6.63. The van der Waals surface area contributed by atoms with Gasteiger partial charge in [-0.15, -0.1) is 0 Å². The maximum absolute atomic E-state index is 11.6. The largest absolute Gasteiger partial charge is 0.457 e. The molecule has 108 valence electrons. The van der Waals surface area contributed by atoms with E-state index >= 15 is 0 Å². The molecule has 0 aliphatic heterocycles. The molecule has 0 unspecified atom stereocenters. The quantitative estimate of drug-likeness (QED) is 0.472. The molecule has 3 nitrogen and oxygen atoms in total. The van der Waals surface area contributed by atoms with E-state index in [1.165, 1.54) is 6.08 Å². The zero-order valence-electron chi connectivity index (χ0n) is 12.0. The van der Waals surface area contributed by atoms with Gasteiger partial charge in [0.15, 0.2) is 0 Å². The molecule has 0 bridgehead atoms. The lowest BCUT2D eigenvalue weighted by Crippen LogP contribution is -2.22. The first-order valence-electron chi connectivity index (χ1n) is 6.45. The lowest BCUT2D eigenvalue weighted by molar-refractivity contribution is -0.148. The number of ether oxygens (including phenoxy) is 1. The van der Waals surface area contributed by atoms with Crippen LogP contribution in [0.4, 0.5) is 0 Å². The normalized spacial score (nSPS) is 11.6. The van der Waals surface area contributed by atoms with E-state index in [0.717, 1.165) is 11.1 Å². The van der Waals surface area contributed by atoms with E-state index in [9.17, 15) is 9.59 Å². The Morgan fingerprint density at radius 2 is 1.90 bits per heavy atom. The van der Waals surface area contributed by atoms with Gasteiger partial charge in [-0.3, -0.25) is 4.79 Å². The van der Waals surface area contributed by atoms with Crippen LogP contribution in [0.5, 0.6) is 0 Å². The summed E-state index contributed by atoms with van der Waals surface area (Å²) in [6, 6.07) is 7.56. The van der Waals surface area contributed by atoms with E-state index in [1.54, 1.807) is 6.08 Å². The topological polar surface area (TPSA) is 43.4 Å². The number of benzene rings is 1. The maximum Gasteiger partial charge on any atom is 0.331 e. The number of carbonyl (C=O) groups excluding carboxylic acids is 2. The van der Waals surface area contributed by atoms with Gasteiger partial charge in [0.05, 0.1) is 0 Å². The Kier molecular flexibility index (Phi) is 5.96. The van der Waals surface area contributed by atoms with Gasteiger partial charge in [-0.05, 0) is 56.0 Å². The molecule has 0 aliphatic carbocycles. The van der Waals surface area contributed by atoms with Crippen molar-refractivity contribution in [3.63, 3.8) is 0 Å². The van der Waals surface area contributed by atoms with Crippen molar-refractivity contribution in [3.8, 4) is 0 Å². The predicted molar refractivity (Wildman–Crippen MR) is 80.5 cm³/mol. The monoisotopic (exact) mass is 294 g/mol. The van der Waals surface area contributed by atoms with Crippen molar-refractivity contribution < 1.29 is 14.3 Å². The molecule has 20 heavy (non-hydrogen) atoms. The number of carbonyl (C=O) groups is 2. The number of rotatable bonds is 5. The van der Waals surface area contributed by atoms with E-state index in [-0.39, 0.29) is 17.6 Å². The summed E-state index contributed by atoms with van der Waals surface area (Å²) in [6.07, 6.45) is 3.92. The number of hydrogen-bond donors (Lipinski definition) is 0. The van der Waals surface area contributed by atoms with Gasteiger partial charge in [0.25, 0.3) is 0 Å². The highest BCUT2D eigenvalue weighted by Crippen LogP contribution is 2.14. The van der Waals surface area contributed by atoms with Gasteiger partial charge >= 0.3 is 5.97 Å². The lowest BCUT2D eigenvalue weighted by atomic mass is 10.0. The second-order valence-electron chi connectivity index (χ2n) is 5.42. The summed E-state index contributed by atoms with van der Waals surface area (Å²) in [5.74, 6) is -0.388. The van der Waals surface area contributed by atoms with Crippen LogP contribution in [0.3, 0.4) is 0 Å². The molecule has 0 aromatic heterocycles. The van der Waals surface area contributed by atoms with Crippen LogP contribution in [-0.4, -0.2) is 16.8 Å². The van der Waals surface area contributed by atoms with Crippen molar-refractivity contribution in [2.24, 2.45) is 0 Å². The Morgan fingerprint density at radius 3 is 2.50 bits per heavy atom. The third-order valence-corrected chi connectivity index (χ3v) is 2.64. The van der Waals surface area contributed by atoms with Crippen LogP contribution in [0.1, 0.15) is 38.3 Å². The number of hydrogen-bond acceptors (Lipinski definition) is 3. The van der Waals surface area contributed by atoms with E-state index in [1.807, 2.05) is 45.0 Å². The Balaban J connectivity index is 2.76. The summed E-state index contributed by atoms with van der Waals surface area (Å²) in [5.41, 5.74) is 1.35. The fourth-order valence-electron chi connectivity index (χ4n) is 1.65. The summed E-state index contributed by atoms with van der Waals surface area (Å²) < 4.78 is 5.20. The molecule has 1 rings (SSSR count). The molecular formula is C16H19ClO3. The standard InChI is InChI=1S/C16H19ClO3/c1-16(2,3)20-15(19)11-9-13-7-5-4-6-12(13)8-10-14(17)18/h4-7,9,11H,8,10H2,1-3H3/b11-9+. The molecule has 4 heteroatoms. The molecule has 0 radical (unpaired) electrons. The molecule has 0 saturated carbocycles. The first kappa shape index (κ1) is 16.4. The van der Waals surface area contributed by atoms with Gasteiger partial charge in [-0.1, -0.05) is 24.3 Å². The minimum Gasteiger partial charge on any atom is -0.457 e. The van der Waals surface area contributed by atoms with Crippen molar-refractivity contribution in [3.05, 3.63) is 41.5 Å². The van der Waals surface area contributed by atoms with Crippen molar-refractivity contribution in [1.82, 2.24) is 0 Å². The summed E-state index contributed by atoms with van der Waals surface area (Å²) in [5, 5.41) is -0.365. The Bertz CT molecular complexity index is 513. The maximum atomic E-state index is 11.6. The van der Waals surface area contributed by atoms with Crippen LogP contribution >= 0.6 is 11.6 Å². The third-order valence-electron chi connectivity index (χ3n) is 2.45. The Labute approximate surface area is 124 Å². The van der Waals surface area contributed by atoms with Crippen LogP contribution in [0, 0.1) is 0 Å². The van der Waals surface area contributed by atoms with Crippen LogP contribution in [0.25, 0.3) is 6.08 Å². The summed E-state index contributed by atoms with van der Waals surface area (Å²) in [4.78, 5) is 22.4. The van der Waals surface area contributed by atoms with Crippen molar-refractivity contribution in [2.45, 2.75) is 39.2 Å². The van der Waals surface area contributed by atoms with Crippen molar-refractivity contribution in [1.29, 1.82) is 0 Å². The molecule has 0 heterocycles. The molecule has 1 aromatic carbocycles. The van der Waals surface area contributed by atoms with Gasteiger partial charge in [0.2, 0.25) is 5.24 Å². The first-order valence-corrected chi connectivity index (χ1v) is 6.83. The molecule has 0 fully saturated rings. The average Bonchev–Trinajstić information content (AvgIpc) is 2.32. The van der Waals surface area contributed by atoms with Crippen molar-refractivity contribution in [2.75, 3.05) is 0 Å². The molecular weight excluding hydrogens is 276 g/mol. The van der Waals surface area contributed by atoms with E-state index in [2.05, 4.69) is 0 Å². The Hall–Kier alpha value is -1.61. The smallest absolute Gasteiger partial charge is 0.331 e. The third kappa shape index (κ3) is 6.53. The SMILES string of the molecule is CC(C)(C)OC(=O)/C=C/c1ccccc1CCC(=O)Cl. The minimum atomic E-state index is -0.508. The zero-order valence-corrected chi connectivity index (χ0v) is 12.7. The van der Waals surface area contributed by atoms with E-state index in [4.69, 9.17) is 16.3 Å². The molecule has 0 saturated heterocycles. The number of esters is 1. The summed E-state index contributed by atoms with van der Waals surface area (Å²) >= 11 is 5.35. The van der Waals surface area contributed by atoms with Crippen LogP contribution in [0.15, 0.2) is 30.3 Å². The number of aryl methyl sites for hydroxylation is 1. The van der Waals surface area contributed by atoms with E-state index < -0.39 is 5.60 Å². The lowest BCUT2D eigenvalue weighted by Gasteiger charge is -2.17. The van der Waals surface area contributed by atoms with Gasteiger partial charge in [0, 0.05) is 12.5 Å². The first-order chi connectivity index (χ1) is 9.28. The fraction of sp³-hybridized carbons (Fsp3) is 0.375.